The van der Waals surface area contributed by atoms with Crippen molar-refractivity contribution in [2.24, 2.45) is 5.92 Å². The molecule has 1 heterocycles. The fourth-order valence-corrected chi connectivity index (χ4v) is 3.49. The van der Waals surface area contributed by atoms with Gasteiger partial charge in [0, 0.05) is 17.5 Å². The van der Waals surface area contributed by atoms with E-state index in [1.807, 2.05) is 0 Å². The summed E-state index contributed by atoms with van der Waals surface area (Å²) in [5.41, 5.74) is 0.463. The largest absolute Gasteiger partial charge is 0.463 e. The topological polar surface area (TPSA) is 163 Å². The molecule has 188 valence electrons. The summed E-state index contributed by atoms with van der Waals surface area (Å²) in [4.78, 5) is 61.3. The summed E-state index contributed by atoms with van der Waals surface area (Å²) < 4.78 is 15.2. The maximum atomic E-state index is 13.1. The maximum Gasteiger partial charge on any atom is 0.337 e. The number of nitro benzene ring substituents is 1. The number of aryl methyl sites for hydroxylation is 1. The third-order valence-electron chi connectivity index (χ3n) is 4.96. The summed E-state index contributed by atoms with van der Waals surface area (Å²) in [6.07, 6.45) is 0. The quantitative estimate of drug-likeness (QED) is 0.228. The lowest BCUT2D eigenvalue weighted by Gasteiger charge is -2.28. The van der Waals surface area contributed by atoms with Gasteiger partial charge in [-0.15, -0.1) is 0 Å². The first-order valence-electron chi connectivity index (χ1n) is 10.8. The second-order valence-electron chi connectivity index (χ2n) is 7.51. The second-order valence-corrected chi connectivity index (χ2v) is 7.51. The third-order valence-corrected chi connectivity index (χ3v) is 4.96. The summed E-state index contributed by atoms with van der Waals surface area (Å²) in [5.74, 6) is -5.10. The fraction of sp³-hybridized carbons (Fsp3) is 0.391. The van der Waals surface area contributed by atoms with Crippen LogP contribution in [0.25, 0.3) is 0 Å². The fourth-order valence-electron chi connectivity index (χ4n) is 3.49. The lowest BCUT2D eigenvalue weighted by molar-refractivity contribution is -0.384. The molecule has 1 aromatic carbocycles. The van der Waals surface area contributed by atoms with Crippen molar-refractivity contribution in [3.05, 3.63) is 56.4 Å². The number of benzene rings is 1. The Labute approximate surface area is 201 Å². The first-order valence-corrected chi connectivity index (χ1v) is 10.8. The molecule has 12 heteroatoms. The van der Waals surface area contributed by atoms with Crippen LogP contribution in [0.5, 0.6) is 0 Å². The van der Waals surface area contributed by atoms with Crippen molar-refractivity contribution in [1.82, 2.24) is 5.32 Å². The molecule has 0 saturated heterocycles. The number of esters is 3. The van der Waals surface area contributed by atoms with Crippen molar-refractivity contribution in [2.45, 2.75) is 34.6 Å². The van der Waals surface area contributed by atoms with Crippen molar-refractivity contribution in [3.8, 4) is 0 Å². The number of dihydropyridines is 1. The smallest absolute Gasteiger partial charge is 0.337 e. The van der Waals surface area contributed by atoms with E-state index in [1.54, 1.807) is 26.8 Å². The minimum atomic E-state index is -1.50. The normalized spacial score (nSPS) is 13.6. The van der Waals surface area contributed by atoms with Crippen molar-refractivity contribution in [3.63, 3.8) is 0 Å². The van der Waals surface area contributed by atoms with Crippen LogP contribution in [0.3, 0.4) is 0 Å². The monoisotopic (exact) mass is 489 g/mol. The van der Waals surface area contributed by atoms with Gasteiger partial charge in [-0.05, 0) is 46.2 Å². The molecule has 2 rings (SSSR count). The summed E-state index contributed by atoms with van der Waals surface area (Å²) >= 11 is 0. The second kappa shape index (κ2) is 11.8. The Morgan fingerprint density at radius 2 is 1.51 bits per heavy atom. The van der Waals surface area contributed by atoms with Crippen LogP contribution in [-0.4, -0.2) is 48.6 Å². The summed E-state index contributed by atoms with van der Waals surface area (Å²) in [5, 5.41) is 16.5. The van der Waals surface area contributed by atoms with Gasteiger partial charge in [0.2, 0.25) is 0 Å². The summed E-state index contributed by atoms with van der Waals surface area (Å²) in [7, 11) is 0. The van der Waals surface area contributed by atoms with Gasteiger partial charge < -0.3 is 24.8 Å². The zero-order valence-electron chi connectivity index (χ0n) is 20.1. The Morgan fingerprint density at radius 1 is 0.971 bits per heavy atom. The third kappa shape index (κ3) is 6.43. The molecule has 35 heavy (non-hydrogen) atoms. The van der Waals surface area contributed by atoms with Crippen LogP contribution in [0.1, 0.15) is 33.3 Å². The molecule has 2 N–H and O–H groups in total. The molecule has 0 aromatic heterocycles. The standard InChI is InChI=1S/C23H27N3O9/c1-6-33-21(28)18-13(4)24-14(5)19(22(29)34-7-2)20(18)23(30)35-11-17(27)25-15-9-8-12(3)10-16(15)26(31)32/h8-10,20,24H,6-7,11H2,1-5H3,(H,25,27). The van der Waals surface area contributed by atoms with Gasteiger partial charge >= 0.3 is 17.9 Å². The molecule has 0 aliphatic carbocycles. The summed E-state index contributed by atoms with van der Waals surface area (Å²) in [6, 6.07) is 4.22. The van der Waals surface area contributed by atoms with E-state index in [1.165, 1.54) is 26.0 Å². The Kier molecular flexibility index (Phi) is 9.09. The van der Waals surface area contributed by atoms with Crippen molar-refractivity contribution < 1.29 is 38.3 Å². The zero-order valence-corrected chi connectivity index (χ0v) is 20.1. The van der Waals surface area contributed by atoms with Crippen molar-refractivity contribution in [1.29, 1.82) is 0 Å². The summed E-state index contributed by atoms with van der Waals surface area (Å²) in [6.45, 7) is 7.10. The molecular formula is C23H27N3O9. The van der Waals surface area contributed by atoms with Crippen LogP contribution in [0.4, 0.5) is 11.4 Å². The molecule has 1 aliphatic heterocycles. The zero-order chi connectivity index (χ0) is 26.3. The molecule has 0 radical (unpaired) electrons. The number of rotatable bonds is 9. The Hall–Kier alpha value is -4.22. The number of amides is 1. The highest BCUT2D eigenvalue weighted by Gasteiger charge is 2.42. The van der Waals surface area contributed by atoms with E-state index in [-0.39, 0.29) is 47.1 Å². The van der Waals surface area contributed by atoms with Gasteiger partial charge in [0.25, 0.3) is 11.6 Å². The molecule has 12 nitrogen and oxygen atoms in total. The van der Waals surface area contributed by atoms with E-state index in [2.05, 4.69) is 10.6 Å². The van der Waals surface area contributed by atoms with Crippen LogP contribution >= 0.6 is 0 Å². The van der Waals surface area contributed by atoms with Crippen LogP contribution in [0, 0.1) is 23.0 Å². The first-order chi connectivity index (χ1) is 16.5. The van der Waals surface area contributed by atoms with E-state index >= 15 is 0 Å². The van der Waals surface area contributed by atoms with Crippen LogP contribution < -0.4 is 10.6 Å². The average molecular weight is 489 g/mol. The van der Waals surface area contributed by atoms with Crippen molar-refractivity contribution >= 4 is 35.2 Å². The minimum absolute atomic E-state index is 0.0204. The number of anilines is 1. The molecule has 1 amide bonds. The van der Waals surface area contributed by atoms with E-state index in [4.69, 9.17) is 14.2 Å². The first kappa shape index (κ1) is 27.0. The SMILES string of the molecule is CCOC(=O)C1=C(C)NC(C)=C(C(=O)OCC)C1C(=O)OCC(=O)Nc1ccc(C)cc1[N+](=O)[O-]. The lowest BCUT2D eigenvalue weighted by atomic mass is 9.85. The molecule has 0 saturated carbocycles. The number of nitrogens with one attached hydrogen (secondary N) is 2. The van der Waals surface area contributed by atoms with E-state index in [9.17, 15) is 29.3 Å². The highest BCUT2D eigenvalue weighted by Crippen LogP contribution is 2.32. The number of nitro groups is 1. The van der Waals surface area contributed by atoms with Crippen LogP contribution in [0.15, 0.2) is 40.7 Å². The molecule has 0 fully saturated rings. The number of hydrogen-bond acceptors (Lipinski definition) is 10. The van der Waals surface area contributed by atoms with Gasteiger partial charge in [-0.1, -0.05) is 6.07 Å². The van der Waals surface area contributed by atoms with Gasteiger partial charge in [0.15, 0.2) is 6.61 Å². The number of hydrogen-bond donors (Lipinski definition) is 2. The Balaban J connectivity index is 2.29. The van der Waals surface area contributed by atoms with E-state index in [0.717, 1.165) is 0 Å². The number of carbonyl (C=O) groups is 4. The molecule has 0 unspecified atom stereocenters. The van der Waals surface area contributed by atoms with Crippen molar-refractivity contribution in [2.75, 3.05) is 25.1 Å². The molecule has 0 bridgehead atoms. The van der Waals surface area contributed by atoms with Gasteiger partial charge in [-0.2, -0.15) is 0 Å². The Bertz CT molecular complexity index is 1080. The number of carbonyl (C=O) groups excluding carboxylic acids is 4. The van der Waals surface area contributed by atoms with Crippen LogP contribution in [0.2, 0.25) is 0 Å². The minimum Gasteiger partial charge on any atom is -0.463 e. The average Bonchev–Trinajstić information content (AvgIpc) is 2.78. The lowest BCUT2D eigenvalue weighted by Crippen LogP contribution is -2.39. The van der Waals surface area contributed by atoms with Gasteiger partial charge in [-0.25, -0.2) is 9.59 Å². The molecule has 1 aliphatic rings. The Morgan fingerprint density at radius 3 is 2.00 bits per heavy atom. The van der Waals surface area contributed by atoms with E-state index in [0.29, 0.717) is 5.56 Å². The highest BCUT2D eigenvalue weighted by atomic mass is 16.6. The molecular weight excluding hydrogens is 462 g/mol. The predicted octanol–water partition coefficient (Wildman–Crippen LogP) is 2.28. The molecule has 1 aromatic rings. The maximum absolute atomic E-state index is 13.1. The predicted molar refractivity (Wildman–Crippen MR) is 123 cm³/mol. The van der Waals surface area contributed by atoms with Gasteiger partial charge in [0.05, 0.1) is 29.3 Å². The number of nitrogens with zero attached hydrogens (tertiary/aromatic N) is 1. The molecule has 0 atom stereocenters. The van der Waals surface area contributed by atoms with E-state index < -0.39 is 41.3 Å². The number of allylic oxidation sites excluding steroid dienone is 2. The van der Waals surface area contributed by atoms with Crippen LogP contribution in [-0.2, 0) is 33.4 Å². The highest BCUT2D eigenvalue weighted by molar-refractivity contribution is 6.06. The molecule has 0 spiro atoms. The number of ether oxygens (including phenoxy) is 3. The van der Waals surface area contributed by atoms with Gasteiger partial charge in [0.1, 0.15) is 11.6 Å². The van der Waals surface area contributed by atoms with Gasteiger partial charge in [-0.3, -0.25) is 19.7 Å².